The molecule has 1 aromatic carbocycles. The van der Waals surface area contributed by atoms with Crippen molar-refractivity contribution in [2.75, 3.05) is 5.32 Å². The highest BCUT2D eigenvalue weighted by molar-refractivity contribution is 6.04. The lowest BCUT2D eigenvalue weighted by atomic mass is 9.96. The molecule has 0 aliphatic heterocycles. The molecule has 2 rings (SSSR count). The fourth-order valence-corrected chi connectivity index (χ4v) is 2.43. The van der Waals surface area contributed by atoms with Crippen LogP contribution in [-0.4, -0.2) is 22.3 Å². The predicted octanol–water partition coefficient (Wildman–Crippen LogP) is 3.31. The summed E-state index contributed by atoms with van der Waals surface area (Å²) < 4.78 is 0. The Labute approximate surface area is 172 Å². The van der Waals surface area contributed by atoms with Crippen LogP contribution in [0.25, 0.3) is 0 Å². The van der Waals surface area contributed by atoms with Gasteiger partial charge in [-0.15, -0.1) is 24.8 Å². The predicted molar refractivity (Wildman–Crippen MR) is 112 cm³/mol. The van der Waals surface area contributed by atoms with Gasteiger partial charge in [0.05, 0.1) is 5.54 Å². The fourth-order valence-electron chi connectivity index (χ4n) is 2.43. The molecular formula is C19H26Cl2N4O2. The first-order valence-corrected chi connectivity index (χ1v) is 8.30. The van der Waals surface area contributed by atoms with E-state index < -0.39 is 5.54 Å². The number of aromatic nitrogens is 1. The van der Waals surface area contributed by atoms with Gasteiger partial charge in [-0.3, -0.25) is 14.6 Å². The second-order valence-electron chi connectivity index (χ2n) is 6.24. The van der Waals surface area contributed by atoms with E-state index in [2.05, 4.69) is 15.6 Å². The quantitative estimate of drug-likeness (QED) is 0.649. The van der Waals surface area contributed by atoms with Gasteiger partial charge in [-0.1, -0.05) is 25.5 Å². The molecule has 0 spiro atoms. The van der Waals surface area contributed by atoms with Crippen LogP contribution in [0.5, 0.6) is 0 Å². The number of halogens is 2. The Balaban J connectivity index is 0.00000338. The molecule has 6 nitrogen and oxygen atoms in total. The van der Waals surface area contributed by atoms with Crippen molar-refractivity contribution in [1.82, 2.24) is 10.3 Å². The van der Waals surface area contributed by atoms with E-state index in [-0.39, 0.29) is 36.6 Å². The minimum Gasteiger partial charge on any atom is -0.350 e. The normalized spacial score (nSPS) is 12.0. The van der Waals surface area contributed by atoms with Gasteiger partial charge in [0.1, 0.15) is 0 Å². The fraction of sp³-hybridized carbons (Fsp3) is 0.316. The Hall–Kier alpha value is -2.15. The summed E-state index contributed by atoms with van der Waals surface area (Å²) in [5.41, 5.74) is 7.28. The standard InChI is InChI=1S/C19H24N4O2.2ClH/c1-3-10-19(2,20)18(25)22-13-14-4-6-15(7-5-14)17(24)23-16-8-11-21-12-9-16;;/h4-9,11-12H,3,10,13,20H2,1-2H3,(H,22,25)(H,21,23,24);2*1H. The molecule has 8 heteroatoms. The van der Waals surface area contributed by atoms with Crippen molar-refractivity contribution in [2.24, 2.45) is 5.73 Å². The zero-order valence-electron chi connectivity index (χ0n) is 15.4. The zero-order chi connectivity index (χ0) is 18.3. The number of carbonyl (C=O) groups is 2. The molecule has 0 saturated heterocycles. The number of pyridine rings is 1. The molecule has 0 radical (unpaired) electrons. The number of benzene rings is 1. The van der Waals surface area contributed by atoms with Crippen molar-refractivity contribution in [3.05, 3.63) is 59.9 Å². The van der Waals surface area contributed by atoms with Crippen LogP contribution in [0.2, 0.25) is 0 Å². The SMILES string of the molecule is CCCC(C)(N)C(=O)NCc1ccc(C(=O)Nc2ccncc2)cc1.Cl.Cl. The van der Waals surface area contributed by atoms with E-state index in [0.29, 0.717) is 24.2 Å². The lowest BCUT2D eigenvalue weighted by Gasteiger charge is -2.22. The highest BCUT2D eigenvalue weighted by Gasteiger charge is 2.26. The molecule has 148 valence electrons. The Morgan fingerprint density at radius 1 is 1.07 bits per heavy atom. The third kappa shape index (κ3) is 7.54. The number of amides is 2. The largest absolute Gasteiger partial charge is 0.350 e. The molecule has 0 aliphatic carbocycles. The van der Waals surface area contributed by atoms with Gasteiger partial charge < -0.3 is 16.4 Å². The van der Waals surface area contributed by atoms with Crippen molar-refractivity contribution in [3.8, 4) is 0 Å². The van der Waals surface area contributed by atoms with Crippen molar-refractivity contribution in [3.63, 3.8) is 0 Å². The van der Waals surface area contributed by atoms with Gasteiger partial charge in [0.15, 0.2) is 0 Å². The van der Waals surface area contributed by atoms with Gasteiger partial charge in [-0.05, 0) is 43.2 Å². The average molecular weight is 413 g/mol. The molecular weight excluding hydrogens is 387 g/mol. The van der Waals surface area contributed by atoms with Crippen LogP contribution in [0.1, 0.15) is 42.6 Å². The maximum absolute atomic E-state index is 12.2. The molecule has 0 aliphatic rings. The summed E-state index contributed by atoms with van der Waals surface area (Å²) in [6.45, 7) is 4.11. The third-order valence-electron chi connectivity index (χ3n) is 3.90. The molecule has 1 atom stereocenters. The van der Waals surface area contributed by atoms with E-state index in [9.17, 15) is 9.59 Å². The molecule has 2 amide bonds. The van der Waals surface area contributed by atoms with Crippen LogP contribution < -0.4 is 16.4 Å². The number of nitrogens with two attached hydrogens (primary N) is 1. The number of nitrogens with one attached hydrogen (secondary N) is 2. The number of hydrogen-bond donors (Lipinski definition) is 3. The summed E-state index contributed by atoms with van der Waals surface area (Å²) in [6, 6.07) is 10.5. The minimum atomic E-state index is -0.862. The summed E-state index contributed by atoms with van der Waals surface area (Å²) >= 11 is 0. The number of anilines is 1. The Bertz CT molecular complexity index is 722. The van der Waals surface area contributed by atoms with E-state index in [0.717, 1.165) is 12.0 Å². The van der Waals surface area contributed by atoms with Gasteiger partial charge in [0.2, 0.25) is 5.91 Å². The highest BCUT2D eigenvalue weighted by atomic mass is 35.5. The molecule has 4 N–H and O–H groups in total. The summed E-state index contributed by atoms with van der Waals surface area (Å²) in [7, 11) is 0. The Morgan fingerprint density at radius 3 is 2.22 bits per heavy atom. The van der Waals surface area contributed by atoms with Gasteiger partial charge in [0, 0.05) is 30.2 Å². The van der Waals surface area contributed by atoms with Crippen molar-refractivity contribution in [2.45, 2.75) is 38.8 Å². The van der Waals surface area contributed by atoms with Gasteiger partial charge in [-0.25, -0.2) is 0 Å². The Morgan fingerprint density at radius 2 is 1.67 bits per heavy atom. The molecule has 1 aromatic heterocycles. The topological polar surface area (TPSA) is 97.1 Å². The van der Waals surface area contributed by atoms with E-state index in [1.807, 2.05) is 19.1 Å². The van der Waals surface area contributed by atoms with Crippen LogP contribution in [-0.2, 0) is 11.3 Å². The van der Waals surface area contributed by atoms with E-state index in [1.54, 1.807) is 43.6 Å². The first-order chi connectivity index (χ1) is 11.9. The second kappa shape index (κ2) is 11.5. The van der Waals surface area contributed by atoms with Crippen LogP contribution in [0, 0.1) is 0 Å². The highest BCUT2D eigenvalue weighted by Crippen LogP contribution is 2.11. The number of nitrogens with zero attached hydrogens (tertiary/aromatic N) is 1. The minimum absolute atomic E-state index is 0. The van der Waals surface area contributed by atoms with Gasteiger partial charge in [0.25, 0.3) is 5.91 Å². The molecule has 0 fully saturated rings. The summed E-state index contributed by atoms with van der Waals surface area (Å²) in [4.78, 5) is 28.2. The summed E-state index contributed by atoms with van der Waals surface area (Å²) in [5, 5.41) is 5.64. The number of rotatable bonds is 7. The van der Waals surface area contributed by atoms with E-state index in [4.69, 9.17) is 5.73 Å². The van der Waals surface area contributed by atoms with E-state index in [1.165, 1.54) is 0 Å². The number of carbonyl (C=O) groups excluding carboxylic acids is 2. The lowest BCUT2D eigenvalue weighted by molar-refractivity contribution is -0.126. The first-order valence-electron chi connectivity index (χ1n) is 8.30. The molecule has 1 heterocycles. The molecule has 0 bridgehead atoms. The maximum Gasteiger partial charge on any atom is 0.255 e. The van der Waals surface area contributed by atoms with Crippen LogP contribution >= 0.6 is 24.8 Å². The maximum atomic E-state index is 12.2. The lowest BCUT2D eigenvalue weighted by Crippen LogP contribution is -2.51. The van der Waals surface area contributed by atoms with Crippen LogP contribution in [0.4, 0.5) is 5.69 Å². The summed E-state index contributed by atoms with van der Waals surface area (Å²) in [5.74, 6) is -0.367. The molecule has 27 heavy (non-hydrogen) atoms. The molecule has 0 saturated carbocycles. The smallest absolute Gasteiger partial charge is 0.255 e. The summed E-state index contributed by atoms with van der Waals surface area (Å²) in [6.07, 6.45) is 4.71. The van der Waals surface area contributed by atoms with Crippen molar-refractivity contribution >= 4 is 42.3 Å². The zero-order valence-corrected chi connectivity index (χ0v) is 17.0. The Kier molecular flexibility index (Phi) is 10.6. The monoisotopic (exact) mass is 412 g/mol. The second-order valence-corrected chi connectivity index (χ2v) is 6.24. The van der Waals surface area contributed by atoms with Gasteiger partial charge in [-0.2, -0.15) is 0 Å². The van der Waals surface area contributed by atoms with Crippen LogP contribution in [0.3, 0.4) is 0 Å². The third-order valence-corrected chi connectivity index (χ3v) is 3.90. The number of hydrogen-bond acceptors (Lipinski definition) is 4. The van der Waals surface area contributed by atoms with Gasteiger partial charge >= 0.3 is 0 Å². The van der Waals surface area contributed by atoms with E-state index >= 15 is 0 Å². The molecule has 1 unspecified atom stereocenters. The van der Waals surface area contributed by atoms with Crippen molar-refractivity contribution in [1.29, 1.82) is 0 Å². The van der Waals surface area contributed by atoms with Crippen LogP contribution in [0.15, 0.2) is 48.8 Å². The average Bonchev–Trinajstić information content (AvgIpc) is 2.61. The first kappa shape index (κ1) is 24.8. The van der Waals surface area contributed by atoms with Crippen molar-refractivity contribution < 1.29 is 9.59 Å². The molecule has 2 aromatic rings.